The lowest BCUT2D eigenvalue weighted by Gasteiger charge is -2.17. The summed E-state index contributed by atoms with van der Waals surface area (Å²) >= 11 is 0. The van der Waals surface area contributed by atoms with Crippen LogP contribution in [0.2, 0.25) is 0 Å². The minimum Gasteiger partial charge on any atom is -0.396 e. The quantitative estimate of drug-likeness (QED) is 0.728. The van der Waals surface area contributed by atoms with Crippen LogP contribution in [-0.4, -0.2) is 27.8 Å². The number of aliphatic hydroxyl groups is 1. The van der Waals surface area contributed by atoms with E-state index in [4.69, 9.17) is 4.52 Å². The van der Waals surface area contributed by atoms with Crippen LogP contribution in [0, 0.1) is 0 Å². The molecule has 0 aliphatic rings. The first-order valence-electron chi connectivity index (χ1n) is 7.61. The fraction of sp³-hybridized carbons (Fsp3) is 0.167. The summed E-state index contributed by atoms with van der Waals surface area (Å²) in [5, 5.41) is 15.9. The van der Waals surface area contributed by atoms with Crippen molar-refractivity contribution < 1.29 is 14.4 Å². The van der Waals surface area contributed by atoms with Gasteiger partial charge in [-0.05, 0) is 24.1 Å². The third kappa shape index (κ3) is 3.67. The predicted octanol–water partition coefficient (Wildman–Crippen LogP) is 2.59. The van der Waals surface area contributed by atoms with Crippen LogP contribution in [0.1, 0.15) is 28.5 Å². The second-order valence-electron chi connectivity index (χ2n) is 5.27. The monoisotopic (exact) mass is 323 g/mol. The molecule has 1 aromatic carbocycles. The summed E-state index contributed by atoms with van der Waals surface area (Å²) < 4.78 is 5.22. The van der Waals surface area contributed by atoms with Gasteiger partial charge in [-0.3, -0.25) is 9.78 Å². The van der Waals surface area contributed by atoms with Gasteiger partial charge in [-0.25, -0.2) is 0 Å². The Balaban J connectivity index is 1.75. The van der Waals surface area contributed by atoms with Crippen LogP contribution in [0.15, 0.2) is 65.4 Å². The number of nitrogens with zero attached hydrogens (tertiary/aromatic N) is 2. The van der Waals surface area contributed by atoms with Crippen LogP contribution in [0.4, 0.5) is 0 Å². The molecule has 0 saturated carbocycles. The molecule has 6 heteroatoms. The molecule has 1 atom stereocenters. The van der Waals surface area contributed by atoms with Gasteiger partial charge in [0, 0.05) is 30.6 Å². The zero-order valence-corrected chi connectivity index (χ0v) is 12.9. The maximum Gasteiger partial charge on any atom is 0.273 e. The lowest BCUT2D eigenvalue weighted by Crippen LogP contribution is -2.29. The Hall–Kier alpha value is -2.99. The molecular formula is C18H17N3O3. The minimum atomic E-state index is -0.351. The van der Waals surface area contributed by atoms with E-state index in [1.165, 1.54) is 0 Å². The zero-order chi connectivity index (χ0) is 16.8. The van der Waals surface area contributed by atoms with E-state index >= 15 is 0 Å². The number of carbonyl (C=O) groups is 1. The molecule has 1 amide bonds. The largest absolute Gasteiger partial charge is 0.396 e. The smallest absolute Gasteiger partial charge is 0.273 e. The lowest BCUT2D eigenvalue weighted by atomic mass is 10.0. The molecule has 0 saturated heterocycles. The van der Waals surface area contributed by atoms with Gasteiger partial charge in [0.1, 0.15) is 0 Å². The number of hydrogen-bond donors (Lipinski definition) is 2. The Bertz CT molecular complexity index is 788. The maximum atomic E-state index is 12.4. The molecule has 3 aromatic rings. The van der Waals surface area contributed by atoms with E-state index in [2.05, 4.69) is 15.5 Å². The van der Waals surface area contributed by atoms with E-state index < -0.39 is 0 Å². The molecule has 122 valence electrons. The van der Waals surface area contributed by atoms with E-state index in [1.54, 1.807) is 24.5 Å². The van der Waals surface area contributed by atoms with Gasteiger partial charge in [0.25, 0.3) is 5.91 Å². The topological polar surface area (TPSA) is 88.2 Å². The third-order valence-corrected chi connectivity index (χ3v) is 3.61. The number of benzene rings is 1. The summed E-state index contributed by atoms with van der Waals surface area (Å²) in [6.45, 7) is -0.0282. The Morgan fingerprint density at radius 3 is 2.75 bits per heavy atom. The van der Waals surface area contributed by atoms with Crippen LogP contribution in [0.5, 0.6) is 0 Å². The number of nitrogens with one attached hydrogen (secondary N) is 1. The van der Waals surface area contributed by atoms with Crippen molar-refractivity contribution in [2.75, 3.05) is 6.61 Å². The van der Waals surface area contributed by atoms with E-state index in [0.717, 1.165) is 11.1 Å². The van der Waals surface area contributed by atoms with Crippen LogP contribution in [0.25, 0.3) is 11.3 Å². The molecule has 0 aliphatic heterocycles. The number of amides is 1. The Kier molecular flexibility index (Phi) is 4.98. The van der Waals surface area contributed by atoms with Crippen LogP contribution in [0.3, 0.4) is 0 Å². The van der Waals surface area contributed by atoms with Gasteiger partial charge >= 0.3 is 0 Å². The second-order valence-corrected chi connectivity index (χ2v) is 5.27. The van der Waals surface area contributed by atoms with E-state index in [-0.39, 0.29) is 24.2 Å². The molecule has 3 rings (SSSR count). The predicted molar refractivity (Wildman–Crippen MR) is 88.1 cm³/mol. The van der Waals surface area contributed by atoms with Crippen molar-refractivity contribution >= 4 is 5.91 Å². The second kappa shape index (κ2) is 7.52. The highest BCUT2D eigenvalue weighted by molar-refractivity contribution is 5.93. The molecule has 2 N–H and O–H groups in total. The summed E-state index contributed by atoms with van der Waals surface area (Å²) in [4.78, 5) is 16.4. The highest BCUT2D eigenvalue weighted by Crippen LogP contribution is 2.20. The summed E-state index contributed by atoms with van der Waals surface area (Å²) in [5.74, 6) is 0.128. The fourth-order valence-electron chi connectivity index (χ4n) is 2.40. The number of aromatic nitrogens is 2. The summed E-state index contributed by atoms with van der Waals surface area (Å²) in [6.07, 6.45) is 3.72. The average molecular weight is 323 g/mol. The van der Waals surface area contributed by atoms with Gasteiger partial charge in [-0.15, -0.1) is 0 Å². The molecule has 2 heterocycles. The number of pyridine rings is 1. The zero-order valence-electron chi connectivity index (χ0n) is 12.9. The van der Waals surface area contributed by atoms with Crippen molar-refractivity contribution in [3.63, 3.8) is 0 Å². The van der Waals surface area contributed by atoms with Crippen molar-refractivity contribution in [2.24, 2.45) is 0 Å². The Morgan fingerprint density at radius 2 is 2.04 bits per heavy atom. The van der Waals surface area contributed by atoms with Crippen LogP contribution in [-0.2, 0) is 0 Å². The first-order valence-corrected chi connectivity index (χ1v) is 7.61. The molecule has 0 fully saturated rings. The van der Waals surface area contributed by atoms with Gasteiger partial charge in [-0.1, -0.05) is 35.5 Å². The van der Waals surface area contributed by atoms with Gasteiger partial charge in [0.15, 0.2) is 11.5 Å². The molecule has 2 aromatic heterocycles. The molecule has 0 radical (unpaired) electrons. The summed E-state index contributed by atoms with van der Waals surface area (Å²) in [7, 11) is 0. The van der Waals surface area contributed by atoms with Gasteiger partial charge < -0.3 is 14.9 Å². The van der Waals surface area contributed by atoms with Crippen molar-refractivity contribution in [2.45, 2.75) is 12.5 Å². The Labute approximate surface area is 139 Å². The fourth-order valence-corrected chi connectivity index (χ4v) is 2.40. The highest BCUT2D eigenvalue weighted by atomic mass is 16.5. The van der Waals surface area contributed by atoms with Crippen LogP contribution < -0.4 is 5.32 Å². The van der Waals surface area contributed by atoms with Gasteiger partial charge in [-0.2, -0.15) is 0 Å². The first-order chi connectivity index (χ1) is 11.8. The first kappa shape index (κ1) is 15.9. The number of hydrogen-bond acceptors (Lipinski definition) is 5. The van der Waals surface area contributed by atoms with Gasteiger partial charge in [0.05, 0.1) is 6.04 Å². The van der Waals surface area contributed by atoms with E-state index in [1.807, 2.05) is 36.4 Å². The standard InChI is InChI=1S/C18H17N3O3/c22-10-8-15(13-5-2-1-3-6-13)20-18(23)16-11-17(24-21-16)14-7-4-9-19-12-14/h1-7,9,11-12,15,22H,8,10H2,(H,20,23). The Morgan fingerprint density at radius 1 is 1.21 bits per heavy atom. The molecule has 0 spiro atoms. The molecule has 24 heavy (non-hydrogen) atoms. The molecule has 6 nitrogen and oxygen atoms in total. The molecule has 1 unspecified atom stereocenters. The number of rotatable bonds is 6. The molecule has 0 aliphatic carbocycles. The van der Waals surface area contributed by atoms with Crippen molar-refractivity contribution in [3.8, 4) is 11.3 Å². The normalized spacial score (nSPS) is 11.9. The SMILES string of the molecule is O=C(NC(CCO)c1ccccc1)c1cc(-c2cccnc2)on1. The number of carbonyl (C=O) groups excluding carboxylic acids is 1. The van der Waals surface area contributed by atoms with Crippen molar-refractivity contribution in [1.82, 2.24) is 15.5 Å². The van der Waals surface area contributed by atoms with Crippen LogP contribution >= 0.6 is 0 Å². The van der Waals surface area contributed by atoms with Gasteiger partial charge in [0.2, 0.25) is 0 Å². The molecular weight excluding hydrogens is 306 g/mol. The van der Waals surface area contributed by atoms with E-state index in [9.17, 15) is 9.90 Å². The minimum absolute atomic E-state index is 0.0282. The average Bonchev–Trinajstić information content (AvgIpc) is 3.13. The summed E-state index contributed by atoms with van der Waals surface area (Å²) in [6, 6.07) is 14.4. The maximum absolute atomic E-state index is 12.4. The summed E-state index contributed by atoms with van der Waals surface area (Å²) in [5.41, 5.74) is 1.86. The van der Waals surface area contributed by atoms with Crippen molar-refractivity contribution in [3.05, 3.63) is 72.2 Å². The lowest BCUT2D eigenvalue weighted by molar-refractivity contribution is 0.0921. The number of aliphatic hydroxyl groups excluding tert-OH is 1. The molecule has 0 bridgehead atoms. The van der Waals surface area contributed by atoms with Crippen molar-refractivity contribution in [1.29, 1.82) is 0 Å². The third-order valence-electron chi connectivity index (χ3n) is 3.61. The van der Waals surface area contributed by atoms with E-state index in [0.29, 0.717) is 12.2 Å². The highest BCUT2D eigenvalue weighted by Gasteiger charge is 2.19.